The first-order valence-electron chi connectivity index (χ1n) is 4.15. The number of aromatic nitrogens is 1. The number of amides is 1. The van der Waals surface area contributed by atoms with Crippen molar-refractivity contribution in [3.8, 4) is 0 Å². The molecule has 1 amide bonds. The van der Waals surface area contributed by atoms with Crippen LogP contribution in [-0.2, 0) is 11.3 Å². The fourth-order valence-electron chi connectivity index (χ4n) is 1.04. The largest absolute Gasteiger partial charge is 0.397 e. The third-order valence-corrected chi connectivity index (χ3v) is 1.72. The Labute approximate surface area is 82.3 Å². The second-order valence-corrected chi connectivity index (χ2v) is 2.75. The Morgan fingerprint density at radius 2 is 2.36 bits per heavy atom. The van der Waals surface area contributed by atoms with E-state index in [2.05, 4.69) is 10.3 Å². The van der Waals surface area contributed by atoms with Gasteiger partial charge in [0.1, 0.15) is 0 Å². The van der Waals surface area contributed by atoms with Gasteiger partial charge in [0.05, 0.1) is 18.0 Å². The summed E-state index contributed by atoms with van der Waals surface area (Å²) in [5, 5.41) is 2.47. The monoisotopic (exact) mass is 195 g/mol. The van der Waals surface area contributed by atoms with Gasteiger partial charge in [-0.25, -0.2) is 4.98 Å². The summed E-state index contributed by atoms with van der Waals surface area (Å²) in [5.74, 6) is -0.291. The van der Waals surface area contributed by atoms with Gasteiger partial charge < -0.3 is 15.8 Å². The highest BCUT2D eigenvalue weighted by atomic mass is 16.5. The van der Waals surface area contributed by atoms with Crippen molar-refractivity contribution in [1.29, 1.82) is 0 Å². The van der Waals surface area contributed by atoms with Gasteiger partial charge in [-0.3, -0.25) is 4.79 Å². The number of anilines is 1. The highest BCUT2D eigenvalue weighted by Gasteiger charge is 2.10. The summed E-state index contributed by atoms with van der Waals surface area (Å²) in [6.45, 7) is 0.365. The lowest BCUT2D eigenvalue weighted by atomic mass is 10.2. The Hall–Kier alpha value is -1.62. The minimum Gasteiger partial charge on any atom is -0.397 e. The minimum atomic E-state index is -0.291. The first kappa shape index (κ1) is 10.5. The van der Waals surface area contributed by atoms with Crippen LogP contribution in [0, 0.1) is 0 Å². The summed E-state index contributed by atoms with van der Waals surface area (Å²) in [4.78, 5) is 15.4. The molecule has 5 heteroatoms. The molecule has 0 aliphatic rings. The van der Waals surface area contributed by atoms with E-state index in [-0.39, 0.29) is 11.6 Å². The van der Waals surface area contributed by atoms with E-state index in [1.807, 2.05) is 0 Å². The molecule has 0 fully saturated rings. The van der Waals surface area contributed by atoms with Crippen LogP contribution in [0.1, 0.15) is 16.2 Å². The second kappa shape index (κ2) is 4.57. The zero-order valence-corrected chi connectivity index (χ0v) is 8.20. The van der Waals surface area contributed by atoms with Crippen LogP contribution in [0.5, 0.6) is 0 Å². The molecule has 0 aliphatic heterocycles. The number of rotatable bonds is 3. The van der Waals surface area contributed by atoms with Crippen molar-refractivity contribution >= 4 is 11.6 Å². The molecule has 1 rings (SSSR count). The molecule has 5 nitrogen and oxygen atoms in total. The lowest BCUT2D eigenvalue weighted by Crippen LogP contribution is -2.21. The molecule has 14 heavy (non-hydrogen) atoms. The third kappa shape index (κ3) is 2.20. The van der Waals surface area contributed by atoms with E-state index in [1.54, 1.807) is 19.2 Å². The fourth-order valence-corrected chi connectivity index (χ4v) is 1.04. The van der Waals surface area contributed by atoms with Gasteiger partial charge in [0.15, 0.2) is 5.69 Å². The van der Waals surface area contributed by atoms with Gasteiger partial charge in [-0.15, -0.1) is 0 Å². The van der Waals surface area contributed by atoms with Gasteiger partial charge in [-0.1, -0.05) is 0 Å². The number of ether oxygens (including phenoxy) is 1. The van der Waals surface area contributed by atoms with Gasteiger partial charge >= 0.3 is 0 Å². The second-order valence-electron chi connectivity index (χ2n) is 2.75. The molecule has 1 aromatic heterocycles. The normalized spacial score (nSPS) is 9.86. The Kier molecular flexibility index (Phi) is 3.41. The number of nitrogens with one attached hydrogen (secondary N) is 1. The highest BCUT2D eigenvalue weighted by molar-refractivity contribution is 5.96. The predicted molar refractivity (Wildman–Crippen MR) is 52.8 cm³/mol. The third-order valence-electron chi connectivity index (χ3n) is 1.72. The maximum atomic E-state index is 11.3. The van der Waals surface area contributed by atoms with Crippen molar-refractivity contribution in [3.63, 3.8) is 0 Å². The van der Waals surface area contributed by atoms with Crippen molar-refractivity contribution in [1.82, 2.24) is 10.3 Å². The van der Waals surface area contributed by atoms with Crippen molar-refractivity contribution in [2.75, 3.05) is 19.9 Å². The van der Waals surface area contributed by atoms with E-state index >= 15 is 0 Å². The van der Waals surface area contributed by atoms with Gasteiger partial charge in [0.25, 0.3) is 5.91 Å². The zero-order chi connectivity index (χ0) is 10.6. The number of hydrogen-bond donors (Lipinski definition) is 2. The quantitative estimate of drug-likeness (QED) is 0.720. The Morgan fingerprint density at radius 3 is 2.93 bits per heavy atom. The maximum absolute atomic E-state index is 11.3. The molecule has 0 saturated heterocycles. The predicted octanol–water partition coefficient (Wildman–Crippen LogP) is 0.170. The average molecular weight is 195 g/mol. The first-order chi connectivity index (χ1) is 6.69. The molecule has 0 saturated carbocycles. The van der Waals surface area contributed by atoms with Crippen molar-refractivity contribution in [2.45, 2.75) is 6.61 Å². The molecule has 0 radical (unpaired) electrons. The standard InChI is InChI=1S/C9H13N3O2/c1-11-9(13)8-7(10)4-3-6(12-8)5-14-2/h3-4H,5,10H2,1-2H3,(H,11,13). The van der Waals surface area contributed by atoms with E-state index in [4.69, 9.17) is 10.5 Å². The summed E-state index contributed by atoms with van der Waals surface area (Å²) in [7, 11) is 3.10. The molecule has 0 bridgehead atoms. The molecule has 0 atom stereocenters. The smallest absolute Gasteiger partial charge is 0.271 e. The van der Waals surface area contributed by atoms with Crippen molar-refractivity contribution < 1.29 is 9.53 Å². The molecule has 1 heterocycles. The van der Waals surface area contributed by atoms with E-state index < -0.39 is 0 Å². The summed E-state index contributed by atoms with van der Waals surface area (Å²) >= 11 is 0. The molecule has 3 N–H and O–H groups in total. The number of nitrogens with zero attached hydrogens (tertiary/aromatic N) is 1. The number of methoxy groups -OCH3 is 1. The lowest BCUT2D eigenvalue weighted by molar-refractivity contribution is 0.0958. The van der Waals surface area contributed by atoms with Crippen LogP contribution in [0.15, 0.2) is 12.1 Å². The number of carbonyl (C=O) groups excluding carboxylic acids is 1. The SMILES string of the molecule is CNC(=O)c1nc(COC)ccc1N. The Balaban J connectivity index is 3.01. The molecular formula is C9H13N3O2. The molecule has 0 aromatic carbocycles. The number of carbonyl (C=O) groups is 1. The van der Waals surface area contributed by atoms with E-state index in [0.29, 0.717) is 18.0 Å². The summed E-state index contributed by atoms with van der Waals surface area (Å²) < 4.78 is 4.90. The molecular weight excluding hydrogens is 182 g/mol. The fraction of sp³-hybridized carbons (Fsp3) is 0.333. The number of nitrogen functional groups attached to an aromatic ring is 1. The van der Waals surface area contributed by atoms with Crippen LogP contribution in [-0.4, -0.2) is 25.0 Å². The van der Waals surface area contributed by atoms with Crippen LogP contribution in [0.4, 0.5) is 5.69 Å². The van der Waals surface area contributed by atoms with Gasteiger partial charge in [0.2, 0.25) is 0 Å². The lowest BCUT2D eigenvalue weighted by Gasteiger charge is -2.05. The molecule has 0 aliphatic carbocycles. The number of nitrogens with two attached hydrogens (primary N) is 1. The minimum absolute atomic E-state index is 0.238. The highest BCUT2D eigenvalue weighted by Crippen LogP contribution is 2.10. The van der Waals surface area contributed by atoms with Crippen LogP contribution in [0.3, 0.4) is 0 Å². The Bertz CT molecular complexity index is 339. The zero-order valence-electron chi connectivity index (χ0n) is 8.20. The average Bonchev–Trinajstić information content (AvgIpc) is 2.20. The molecule has 76 valence electrons. The van der Waals surface area contributed by atoms with Crippen LogP contribution in [0.2, 0.25) is 0 Å². The van der Waals surface area contributed by atoms with Crippen LogP contribution in [0.25, 0.3) is 0 Å². The van der Waals surface area contributed by atoms with Crippen molar-refractivity contribution in [3.05, 3.63) is 23.5 Å². The van der Waals surface area contributed by atoms with E-state index in [9.17, 15) is 4.79 Å². The van der Waals surface area contributed by atoms with E-state index in [1.165, 1.54) is 7.05 Å². The molecule has 0 unspecified atom stereocenters. The topological polar surface area (TPSA) is 77.2 Å². The molecule has 1 aromatic rings. The van der Waals surface area contributed by atoms with Crippen LogP contribution >= 0.6 is 0 Å². The maximum Gasteiger partial charge on any atom is 0.271 e. The van der Waals surface area contributed by atoms with Gasteiger partial charge in [-0.05, 0) is 12.1 Å². The van der Waals surface area contributed by atoms with Gasteiger partial charge in [-0.2, -0.15) is 0 Å². The summed E-state index contributed by atoms with van der Waals surface area (Å²) in [6, 6.07) is 3.37. The van der Waals surface area contributed by atoms with Crippen molar-refractivity contribution in [2.24, 2.45) is 0 Å². The number of pyridine rings is 1. The first-order valence-corrected chi connectivity index (χ1v) is 4.15. The Morgan fingerprint density at radius 1 is 1.64 bits per heavy atom. The summed E-state index contributed by atoms with van der Waals surface area (Å²) in [5.41, 5.74) is 6.88. The molecule has 0 spiro atoms. The van der Waals surface area contributed by atoms with E-state index in [0.717, 1.165) is 0 Å². The van der Waals surface area contributed by atoms with Gasteiger partial charge in [0, 0.05) is 14.2 Å². The van der Waals surface area contributed by atoms with Crippen LogP contribution < -0.4 is 11.1 Å². The number of hydrogen-bond acceptors (Lipinski definition) is 4. The summed E-state index contributed by atoms with van der Waals surface area (Å²) in [6.07, 6.45) is 0.